The zero-order valence-corrected chi connectivity index (χ0v) is 11.2. The molecule has 0 spiro atoms. The summed E-state index contributed by atoms with van der Waals surface area (Å²) in [7, 11) is 0. The van der Waals surface area contributed by atoms with E-state index in [1.165, 1.54) is 65.0 Å². The lowest BCUT2D eigenvalue weighted by Gasteiger charge is -2.43. The number of likely N-dealkylation sites (tertiary alicyclic amines) is 1. The predicted octanol–water partition coefficient (Wildman–Crippen LogP) is 1.15. The molecule has 3 aliphatic rings. The highest BCUT2D eigenvalue weighted by molar-refractivity contribution is 4.93. The van der Waals surface area contributed by atoms with Crippen molar-refractivity contribution in [2.75, 3.05) is 39.3 Å². The lowest BCUT2D eigenvalue weighted by Crippen LogP contribution is -2.58. The number of nitrogens with zero attached hydrogens (tertiary/aromatic N) is 2. The Morgan fingerprint density at radius 2 is 2.00 bits per heavy atom. The lowest BCUT2D eigenvalue weighted by atomic mass is 10.0. The van der Waals surface area contributed by atoms with Gasteiger partial charge < -0.3 is 10.2 Å². The Bertz CT molecular complexity index is 252. The first kappa shape index (κ1) is 11.9. The van der Waals surface area contributed by atoms with Crippen molar-refractivity contribution in [1.82, 2.24) is 15.1 Å². The first-order valence-corrected chi connectivity index (χ1v) is 7.56. The van der Waals surface area contributed by atoms with E-state index in [0.29, 0.717) is 0 Å². The minimum absolute atomic E-state index is 0.806. The molecule has 0 radical (unpaired) electrons. The smallest absolute Gasteiger partial charge is 0.0224 e. The quantitative estimate of drug-likeness (QED) is 0.794. The molecule has 2 aliphatic heterocycles. The van der Waals surface area contributed by atoms with Crippen LogP contribution in [-0.4, -0.2) is 61.2 Å². The molecule has 98 valence electrons. The number of likely N-dealkylation sites (N-methyl/N-ethyl adjacent to an activating group) is 1. The Morgan fingerprint density at radius 3 is 2.76 bits per heavy atom. The number of piperidine rings is 1. The van der Waals surface area contributed by atoms with Crippen LogP contribution in [0.4, 0.5) is 0 Å². The Labute approximate surface area is 106 Å². The Morgan fingerprint density at radius 1 is 1.12 bits per heavy atom. The second-order valence-electron chi connectivity index (χ2n) is 6.08. The van der Waals surface area contributed by atoms with Crippen LogP contribution in [0.1, 0.15) is 32.6 Å². The molecule has 1 saturated carbocycles. The number of rotatable bonds is 3. The molecule has 2 saturated heterocycles. The molecule has 2 atom stereocenters. The molecule has 3 rings (SSSR count). The van der Waals surface area contributed by atoms with E-state index in [9.17, 15) is 0 Å². The Kier molecular flexibility index (Phi) is 3.69. The monoisotopic (exact) mass is 237 g/mol. The van der Waals surface area contributed by atoms with Gasteiger partial charge in [-0.25, -0.2) is 0 Å². The van der Waals surface area contributed by atoms with Gasteiger partial charge in [0.1, 0.15) is 0 Å². The molecule has 3 heteroatoms. The Balaban J connectivity index is 1.55. The molecule has 1 aliphatic carbocycles. The van der Waals surface area contributed by atoms with Crippen LogP contribution in [0.3, 0.4) is 0 Å². The van der Waals surface area contributed by atoms with Gasteiger partial charge in [0, 0.05) is 38.3 Å². The minimum atomic E-state index is 0.806. The van der Waals surface area contributed by atoms with E-state index in [4.69, 9.17) is 0 Å². The van der Waals surface area contributed by atoms with Crippen molar-refractivity contribution in [1.29, 1.82) is 0 Å². The molecule has 2 heterocycles. The van der Waals surface area contributed by atoms with Gasteiger partial charge in [-0.2, -0.15) is 0 Å². The van der Waals surface area contributed by atoms with E-state index in [1.807, 2.05) is 0 Å². The molecule has 0 amide bonds. The average Bonchev–Trinajstić information content (AvgIpc) is 3.23. The van der Waals surface area contributed by atoms with E-state index in [0.717, 1.165) is 18.0 Å². The maximum atomic E-state index is 3.72. The maximum Gasteiger partial charge on any atom is 0.0224 e. The third kappa shape index (κ3) is 2.83. The van der Waals surface area contributed by atoms with Gasteiger partial charge in [0.2, 0.25) is 0 Å². The summed E-state index contributed by atoms with van der Waals surface area (Å²) in [6.07, 6.45) is 5.76. The van der Waals surface area contributed by atoms with Gasteiger partial charge in [-0.15, -0.1) is 0 Å². The summed E-state index contributed by atoms with van der Waals surface area (Å²) in [6.45, 7) is 9.96. The molecular formula is C14H27N3. The first-order valence-electron chi connectivity index (χ1n) is 7.56. The van der Waals surface area contributed by atoms with Crippen LogP contribution in [-0.2, 0) is 0 Å². The van der Waals surface area contributed by atoms with Crippen molar-refractivity contribution in [2.45, 2.75) is 44.7 Å². The summed E-state index contributed by atoms with van der Waals surface area (Å²) >= 11 is 0. The first-order chi connectivity index (χ1) is 8.36. The highest BCUT2D eigenvalue weighted by Crippen LogP contribution is 2.34. The zero-order valence-electron chi connectivity index (χ0n) is 11.2. The molecule has 0 bridgehead atoms. The van der Waals surface area contributed by atoms with E-state index < -0.39 is 0 Å². The zero-order chi connectivity index (χ0) is 11.7. The van der Waals surface area contributed by atoms with Crippen LogP contribution in [0.25, 0.3) is 0 Å². The van der Waals surface area contributed by atoms with Gasteiger partial charge in [0.25, 0.3) is 0 Å². The third-order valence-electron chi connectivity index (χ3n) is 4.87. The molecule has 17 heavy (non-hydrogen) atoms. The predicted molar refractivity (Wildman–Crippen MR) is 71.2 cm³/mol. The number of nitrogens with one attached hydrogen (secondary N) is 1. The molecule has 0 aromatic carbocycles. The highest BCUT2D eigenvalue weighted by atomic mass is 15.3. The second kappa shape index (κ2) is 5.25. The fourth-order valence-electron chi connectivity index (χ4n) is 3.56. The van der Waals surface area contributed by atoms with Gasteiger partial charge in [0.05, 0.1) is 0 Å². The average molecular weight is 237 g/mol. The minimum Gasteiger partial charge on any atom is -0.311 e. The Hall–Kier alpha value is -0.120. The van der Waals surface area contributed by atoms with E-state index >= 15 is 0 Å². The molecular weight excluding hydrogens is 210 g/mol. The highest BCUT2D eigenvalue weighted by Gasteiger charge is 2.36. The standard InChI is InChI=1S/C14H27N3/c1-2-16-8-3-4-13(10-16)17-9-7-15-14(11-17)12-5-6-12/h12-15H,2-11H2,1H3. The molecule has 2 unspecified atom stereocenters. The SMILES string of the molecule is CCN1CCCC(N2CCNC(C3CC3)C2)C1. The summed E-state index contributed by atoms with van der Waals surface area (Å²) < 4.78 is 0. The van der Waals surface area contributed by atoms with Crippen LogP contribution in [0.5, 0.6) is 0 Å². The molecule has 1 N–H and O–H groups in total. The van der Waals surface area contributed by atoms with Crippen molar-refractivity contribution in [3.63, 3.8) is 0 Å². The van der Waals surface area contributed by atoms with E-state index in [-0.39, 0.29) is 0 Å². The molecule has 0 aromatic heterocycles. The van der Waals surface area contributed by atoms with Gasteiger partial charge >= 0.3 is 0 Å². The van der Waals surface area contributed by atoms with Crippen LogP contribution >= 0.6 is 0 Å². The van der Waals surface area contributed by atoms with Gasteiger partial charge in [-0.1, -0.05) is 6.92 Å². The van der Waals surface area contributed by atoms with Crippen molar-refractivity contribution in [3.05, 3.63) is 0 Å². The summed E-state index contributed by atoms with van der Waals surface area (Å²) in [5, 5.41) is 3.72. The van der Waals surface area contributed by atoms with Crippen molar-refractivity contribution in [3.8, 4) is 0 Å². The molecule has 3 nitrogen and oxygen atoms in total. The second-order valence-corrected chi connectivity index (χ2v) is 6.08. The van der Waals surface area contributed by atoms with Crippen molar-refractivity contribution in [2.24, 2.45) is 5.92 Å². The lowest BCUT2D eigenvalue weighted by molar-refractivity contribution is 0.0730. The normalized spacial score (nSPS) is 37.2. The number of hydrogen-bond acceptors (Lipinski definition) is 3. The van der Waals surface area contributed by atoms with Crippen LogP contribution < -0.4 is 5.32 Å². The number of hydrogen-bond donors (Lipinski definition) is 1. The van der Waals surface area contributed by atoms with E-state index in [1.54, 1.807) is 0 Å². The molecule has 0 aromatic rings. The number of piperazine rings is 1. The van der Waals surface area contributed by atoms with Crippen LogP contribution in [0, 0.1) is 5.92 Å². The largest absolute Gasteiger partial charge is 0.311 e. The fraction of sp³-hybridized carbons (Fsp3) is 1.00. The van der Waals surface area contributed by atoms with Gasteiger partial charge in [0.15, 0.2) is 0 Å². The third-order valence-corrected chi connectivity index (χ3v) is 4.87. The van der Waals surface area contributed by atoms with Crippen molar-refractivity contribution < 1.29 is 0 Å². The fourth-order valence-corrected chi connectivity index (χ4v) is 3.56. The summed E-state index contributed by atoms with van der Waals surface area (Å²) in [4.78, 5) is 5.41. The topological polar surface area (TPSA) is 18.5 Å². The van der Waals surface area contributed by atoms with Crippen LogP contribution in [0.15, 0.2) is 0 Å². The van der Waals surface area contributed by atoms with E-state index in [2.05, 4.69) is 22.0 Å². The van der Waals surface area contributed by atoms with Crippen molar-refractivity contribution >= 4 is 0 Å². The van der Waals surface area contributed by atoms with Gasteiger partial charge in [-0.3, -0.25) is 4.90 Å². The summed E-state index contributed by atoms with van der Waals surface area (Å²) in [5.41, 5.74) is 0. The molecule has 3 fully saturated rings. The van der Waals surface area contributed by atoms with Crippen LogP contribution in [0.2, 0.25) is 0 Å². The summed E-state index contributed by atoms with van der Waals surface area (Å²) in [6, 6.07) is 1.65. The maximum absolute atomic E-state index is 3.72. The van der Waals surface area contributed by atoms with Gasteiger partial charge in [-0.05, 0) is 44.7 Å². The summed E-state index contributed by atoms with van der Waals surface area (Å²) in [5.74, 6) is 1.00.